The Morgan fingerprint density at radius 1 is 0.343 bits per heavy atom. The summed E-state index contributed by atoms with van der Waals surface area (Å²) in [5.41, 5.74) is 23.3. The van der Waals surface area contributed by atoms with Crippen LogP contribution in [-0.2, 0) is 10.8 Å². The molecule has 0 bridgehead atoms. The van der Waals surface area contributed by atoms with Crippen LogP contribution in [-0.4, -0.2) is 26.6 Å². The Kier molecular flexibility index (Phi) is 8.54. The molecule has 1 heterocycles. The molecule has 0 saturated heterocycles. The van der Waals surface area contributed by atoms with Gasteiger partial charge in [0.1, 0.15) is 5.84 Å². The van der Waals surface area contributed by atoms with Gasteiger partial charge in [-0.3, -0.25) is 5.41 Å². The average Bonchev–Trinajstić information content (AvgIpc) is 3.87. The molecule has 6 heteroatoms. The van der Waals surface area contributed by atoms with Gasteiger partial charge in [0.25, 0.3) is 0 Å². The predicted molar refractivity (Wildman–Crippen MR) is 268 cm³/mol. The molecule has 0 aliphatic heterocycles. The van der Waals surface area contributed by atoms with Crippen molar-refractivity contribution in [1.82, 2.24) is 15.0 Å². The molecular formula is C61H40N6. The van der Waals surface area contributed by atoms with Crippen molar-refractivity contribution in [2.24, 2.45) is 10.7 Å². The molecule has 9 aromatic carbocycles. The number of benzene rings is 9. The summed E-state index contributed by atoms with van der Waals surface area (Å²) in [6.45, 7) is 0. The molecule has 0 fully saturated rings. The van der Waals surface area contributed by atoms with E-state index in [1.165, 1.54) is 44.5 Å². The number of fused-ring (bicyclic) bond motifs is 16. The van der Waals surface area contributed by atoms with Crippen molar-refractivity contribution < 1.29 is 0 Å². The lowest BCUT2D eigenvalue weighted by Crippen LogP contribution is -2.44. The second kappa shape index (κ2) is 14.8. The van der Waals surface area contributed by atoms with Gasteiger partial charge >= 0.3 is 0 Å². The first-order valence-corrected chi connectivity index (χ1v) is 22.6. The molecule has 2 spiro atoms. The maximum atomic E-state index is 9.55. The van der Waals surface area contributed by atoms with Crippen molar-refractivity contribution in [3.05, 3.63) is 280 Å². The number of hydrogen-bond donors (Lipinski definition) is 2. The molecule has 0 unspecified atom stereocenters. The van der Waals surface area contributed by atoms with E-state index in [0.29, 0.717) is 28.9 Å². The molecule has 6 nitrogen and oxygen atoms in total. The van der Waals surface area contributed by atoms with Gasteiger partial charge in [-0.2, -0.15) is 0 Å². The normalized spacial score (nSPS) is 14.1. The SMILES string of the molecule is N=C(N=C(N)c1ccccc1)c1ccc2c(c1)C1(c3ccccc3-c3ccccc31)c1ccc(-c3nc(-c4ccccc4)nc(-c4ccccc4)n3)cc1C21c2ccccc2-c2ccccc21. The van der Waals surface area contributed by atoms with Crippen LogP contribution in [0, 0.1) is 5.41 Å². The Balaban J connectivity index is 1.15. The monoisotopic (exact) mass is 856 g/mol. The van der Waals surface area contributed by atoms with Crippen LogP contribution in [0.15, 0.2) is 229 Å². The van der Waals surface area contributed by atoms with Crippen LogP contribution < -0.4 is 5.73 Å². The van der Waals surface area contributed by atoms with E-state index >= 15 is 0 Å². The van der Waals surface area contributed by atoms with Gasteiger partial charge in [0.05, 0.1) is 10.8 Å². The van der Waals surface area contributed by atoms with Crippen LogP contribution in [0.2, 0.25) is 0 Å². The highest BCUT2D eigenvalue weighted by Crippen LogP contribution is 2.67. The third-order valence-electron chi connectivity index (χ3n) is 14.1. The van der Waals surface area contributed by atoms with Gasteiger partial charge < -0.3 is 5.73 Å². The molecule has 3 aliphatic carbocycles. The van der Waals surface area contributed by atoms with E-state index in [0.717, 1.165) is 44.5 Å². The summed E-state index contributed by atoms with van der Waals surface area (Å²) in [5, 5.41) is 9.55. The fourth-order valence-electron chi connectivity index (χ4n) is 11.4. The molecule has 0 saturated carbocycles. The minimum absolute atomic E-state index is 0.0968. The summed E-state index contributed by atoms with van der Waals surface area (Å²) in [5.74, 6) is 2.21. The lowest BCUT2D eigenvalue weighted by Gasteiger charge is -2.49. The summed E-state index contributed by atoms with van der Waals surface area (Å²) < 4.78 is 0. The Hall–Kier alpha value is -8.87. The Morgan fingerprint density at radius 2 is 0.716 bits per heavy atom. The van der Waals surface area contributed by atoms with Crippen molar-refractivity contribution >= 4 is 11.7 Å². The van der Waals surface area contributed by atoms with Crippen molar-refractivity contribution in [3.63, 3.8) is 0 Å². The second-order valence-corrected chi connectivity index (χ2v) is 17.5. The van der Waals surface area contributed by atoms with E-state index in [9.17, 15) is 5.41 Å². The van der Waals surface area contributed by atoms with E-state index in [2.05, 4.69) is 133 Å². The highest BCUT2D eigenvalue weighted by molar-refractivity contribution is 6.10. The van der Waals surface area contributed by atoms with Crippen LogP contribution >= 0.6 is 0 Å². The van der Waals surface area contributed by atoms with Gasteiger partial charge in [-0.25, -0.2) is 19.9 Å². The van der Waals surface area contributed by atoms with Crippen molar-refractivity contribution in [3.8, 4) is 56.4 Å². The fourth-order valence-corrected chi connectivity index (χ4v) is 11.4. The standard InChI is InChI=1S/C61H40N6/c62-55(38-18-4-1-5-19-38)64-56(63)41-32-34-51-53(36-41)60(47-28-14-10-24-43(47)44-25-11-15-29-48(44)60)52-35-33-42(37-54(52)61(51)49-30-16-12-26-45(49)46-27-13-17-31-50(46)61)59-66-57(39-20-6-2-7-21-39)65-58(67-59)40-22-8-3-9-23-40/h1-37H,(H3,62,63,64). The van der Waals surface area contributed by atoms with Crippen molar-refractivity contribution in [2.75, 3.05) is 0 Å². The van der Waals surface area contributed by atoms with Gasteiger partial charge in [-0.05, 0) is 78.9 Å². The molecule has 3 aliphatic rings. The van der Waals surface area contributed by atoms with E-state index in [1.54, 1.807) is 0 Å². The second-order valence-electron chi connectivity index (χ2n) is 17.5. The fraction of sp³-hybridized carbons (Fsp3) is 0.0328. The summed E-state index contributed by atoms with van der Waals surface area (Å²) >= 11 is 0. The molecule has 10 aromatic rings. The first-order valence-electron chi connectivity index (χ1n) is 22.6. The minimum Gasteiger partial charge on any atom is -0.383 e. The predicted octanol–water partition coefficient (Wildman–Crippen LogP) is 12.6. The smallest absolute Gasteiger partial charge is 0.164 e. The zero-order valence-electron chi connectivity index (χ0n) is 36.2. The topological polar surface area (TPSA) is 101 Å². The summed E-state index contributed by atoms with van der Waals surface area (Å²) in [6.07, 6.45) is 0. The number of hydrogen-bond acceptors (Lipinski definition) is 4. The first kappa shape index (κ1) is 38.6. The molecular weight excluding hydrogens is 817 g/mol. The van der Waals surface area contributed by atoms with Gasteiger partial charge in [-0.15, -0.1) is 0 Å². The lowest BCUT2D eigenvalue weighted by molar-refractivity contribution is 0.633. The number of nitrogens with zero attached hydrogens (tertiary/aromatic N) is 4. The third kappa shape index (κ3) is 5.53. The number of amidine groups is 2. The lowest BCUT2D eigenvalue weighted by atomic mass is 9.52. The van der Waals surface area contributed by atoms with E-state index in [-0.39, 0.29) is 5.84 Å². The Labute approximate surface area is 388 Å². The zero-order chi connectivity index (χ0) is 44.7. The van der Waals surface area contributed by atoms with Gasteiger partial charge in [0.15, 0.2) is 23.3 Å². The first-order chi connectivity index (χ1) is 33.0. The maximum absolute atomic E-state index is 9.55. The molecule has 67 heavy (non-hydrogen) atoms. The Bertz CT molecular complexity index is 3520. The molecule has 3 N–H and O–H groups in total. The third-order valence-corrected chi connectivity index (χ3v) is 14.1. The minimum atomic E-state index is -0.789. The van der Waals surface area contributed by atoms with Crippen molar-refractivity contribution in [2.45, 2.75) is 10.8 Å². The van der Waals surface area contributed by atoms with Gasteiger partial charge in [-0.1, -0.05) is 212 Å². The largest absolute Gasteiger partial charge is 0.383 e. The molecule has 0 atom stereocenters. The quantitative estimate of drug-likeness (QED) is 0.133. The number of aliphatic imine (C=N–C) groups is 1. The number of nitrogens with one attached hydrogen (secondary N) is 1. The number of aromatic nitrogens is 3. The van der Waals surface area contributed by atoms with E-state index in [4.69, 9.17) is 25.7 Å². The summed E-state index contributed by atoms with van der Waals surface area (Å²) in [4.78, 5) is 20.3. The summed E-state index contributed by atoms with van der Waals surface area (Å²) in [7, 11) is 0. The highest BCUT2D eigenvalue weighted by atomic mass is 15.0. The van der Waals surface area contributed by atoms with E-state index in [1.807, 2.05) is 91.0 Å². The summed E-state index contributed by atoms with van der Waals surface area (Å²) in [6, 6.07) is 78.8. The van der Waals surface area contributed by atoms with Crippen LogP contribution in [0.5, 0.6) is 0 Å². The van der Waals surface area contributed by atoms with Crippen LogP contribution in [0.3, 0.4) is 0 Å². The molecule has 13 rings (SSSR count). The molecule has 0 amide bonds. The van der Waals surface area contributed by atoms with Crippen LogP contribution in [0.1, 0.15) is 55.6 Å². The van der Waals surface area contributed by atoms with Gasteiger partial charge in [0, 0.05) is 27.8 Å². The number of rotatable bonds is 5. The average molecular weight is 857 g/mol. The molecule has 0 radical (unpaired) electrons. The number of nitrogens with two attached hydrogens (primary N) is 1. The molecule has 1 aromatic heterocycles. The van der Waals surface area contributed by atoms with Crippen LogP contribution in [0.4, 0.5) is 0 Å². The highest BCUT2D eigenvalue weighted by Gasteiger charge is 2.59. The zero-order valence-corrected chi connectivity index (χ0v) is 36.2. The van der Waals surface area contributed by atoms with E-state index < -0.39 is 10.8 Å². The Morgan fingerprint density at radius 3 is 1.18 bits per heavy atom. The van der Waals surface area contributed by atoms with Crippen molar-refractivity contribution in [1.29, 1.82) is 5.41 Å². The maximum Gasteiger partial charge on any atom is 0.164 e. The van der Waals surface area contributed by atoms with Crippen LogP contribution in [0.25, 0.3) is 56.4 Å². The van der Waals surface area contributed by atoms with Gasteiger partial charge in [0.2, 0.25) is 0 Å². The molecule has 314 valence electrons.